The van der Waals surface area contributed by atoms with Crippen molar-refractivity contribution < 1.29 is 18.4 Å². The number of halogens is 2. The maximum atomic E-state index is 13.8. The summed E-state index contributed by atoms with van der Waals surface area (Å²) in [6.45, 7) is 4.94. The molecule has 33 heavy (non-hydrogen) atoms. The molecule has 2 amide bonds. The number of rotatable bonds is 3. The van der Waals surface area contributed by atoms with Crippen LogP contribution in [-0.4, -0.2) is 57.6 Å². The first-order valence-corrected chi connectivity index (χ1v) is 12.1. The molecule has 2 aromatic rings. The van der Waals surface area contributed by atoms with Crippen molar-refractivity contribution >= 4 is 11.8 Å². The molecule has 1 unspecified atom stereocenters. The Balaban J connectivity index is 1.30. The zero-order chi connectivity index (χ0) is 23.1. The fourth-order valence-electron chi connectivity index (χ4n) is 5.57. The lowest BCUT2D eigenvalue weighted by molar-refractivity contribution is -0.138. The number of carbonyl (C=O) groups excluding carboxylic acids is 2. The summed E-state index contributed by atoms with van der Waals surface area (Å²) in [6, 6.07) is 3.69. The topological polar surface area (TPSA) is 58.4 Å². The number of carbonyl (C=O) groups is 2. The summed E-state index contributed by atoms with van der Waals surface area (Å²) in [5.41, 5.74) is 2.63. The molecule has 2 fully saturated rings. The maximum absolute atomic E-state index is 13.8. The van der Waals surface area contributed by atoms with Gasteiger partial charge in [-0.05, 0) is 63.0 Å². The highest BCUT2D eigenvalue weighted by Crippen LogP contribution is 2.30. The van der Waals surface area contributed by atoms with Crippen molar-refractivity contribution in [2.24, 2.45) is 11.8 Å². The van der Waals surface area contributed by atoms with E-state index in [1.807, 2.05) is 4.90 Å². The SMILES string of the molecule is CC1CCCN(C(=O)C2CCN(C(=O)c3nn(-c4ccc(F)c(F)c4)c4c3CCC4)CC2)C1. The van der Waals surface area contributed by atoms with E-state index in [2.05, 4.69) is 12.0 Å². The van der Waals surface area contributed by atoms with Crippen LogP contribution in [0.2, 0.25) is 0 Å². The Kier molecular flexibility index (Phi) is 5.93. The first kappa shape index (κ1) is 22.0. The Morgan fingerprint density at radius 3 is 2.48 bits per heavy atom. The van der Waals surface area contributed by atoms with E-state index in [1.165, 1.54) is 12.5 Å². The van der Waals surface area contributed by atoms with Gasteiger partial charge < -0.3 is 9.80 Å². The molecule has 1 aromatic heterocycles. The Bertz CT molecular complexity index is 1070. The molecule has 6 nitrogen and oxygen atoms in total. The van der Waals surface area contributed by atoms with Gasteiger partial charge in [-0.3, -0.25) is 9.59 Å². The molecule has 176 valence electrons. The summed E-state index contributed by atoms with van der Waals surface area (Å²) in [4.78, 5) is 30.1. The zero-order valence-electron chi connectivity index (χ0n) is 19.0. The molecule has 1 aliphatic carbocycles. The molecule has 3 aliphatic rings. The van der Waals surface area contributed by atoms with Crippen molar-refractivity contribution in [1.29, 1.82) is 0 Å². The molecule has 0 spiro atoms. The van der Waals surface area contributed by atoms with Crippen molar-refractivity contribution in [2.45, 2.75) is 51.9 Å². The molecule has 2 saturated heterocycles. The van der Waals surface area contributed by atoms with Crippen molar-refractivity contribution in [1.82, 2.24) is 19.6 Å². The van der Waals surface area contributed by atoms with Gasteiger partial charge in [0.15, 0.2) is 17.3 Å². The van der Waals surface area contributed by atoms with Gasteiger partial charge in [0.2, 0.25) is 5.91 Å². The van der Waals surface area contributed by atoms with Gasteiger partial charge in [0, 0.05) is 49.4 Å². The lowest BCUT2D eigenvalue weighted by Crippen LogP contribution is -2.47. The highest BCUT2D eigenvalue weighted by atomic mass is 19.2. The first-order valence-electron chi connectivity index (χ1n) is 12.1. The van der Waals surface area contributed by atoms with E-state index in [0.29, 0.717) is 43.2 Å². The van der Waals surface area contributed by atoms with Gasteiger partial charge in [-0.25, -0.2) is 13.5 Å². The van der Waals surface area contributed by atoms with Crippen LogP contribution < -0.4 is 0 Å². The van der Waals surface area contributed by atoms with Gasteiger partial charge in [-0.1, -0.05) is 6.92 Å². The molecule has 0 N–H and O–H groups in total. The van der Waals surface area contributed by atoms with Crippen LogP contribution >= 0.6 is 0 Å². The van der Waals surface area contributed by atoms with E-state index in [-0.39, 0.29) is 17.7 Å². The van der Waals surface area contributed by atoms with Crippen molar-refractivity contribution in [3.8, 4) is 5.69 Å². The third-order valence-electron chi connectivity index (χ3n) is 7.38. The number of likely N-dealkylation sites (tertiary alicyclic amines) is 2. The number of hydrogen-bond acceptors (Lipinski definition) is 3. The molecule has 0 saturated carbocycles. The summed E-state index contributed by atoms with van der Waals surface area (Å²) in [6.07, 6.45) is 5.99. The molecular formula is C25H30F2N4O2. The van der Waals surface area contributed by atoms with Crippen LogP contribution in [0.4, 0.5) is 8.78 Å². The van der Waals surface area contributed by atoms with Crippen LogP contribution in [0.25, 0.3) is 5.69 Å². The Morgan fingerprint density at radius 1 is 0.970 bits per heavy atom. The monoisotopic (exact) mass is 456 g/mol. The van der Waals surface area contributed by atoms with Crippen LogP contribution in [0, 0.1) is 23.5 Å². The molecular weight excluding hydrogens is 426 g/mol. The largest absolute Gasteiger partial charge is 0.342 e. The second-order valence-corrected chi connectivity index (χ2v) is 9.74. The number of fused-ring (bicyclic) bond motifs is 1. The van der Waals surface area contributed by atoms with E-state index < -0.39 is 11.6 Å². The summed E-state index contributed by atoms with van der Waals surface area (Å²) < 4.78 is 28.8. The maximum Gasteiger partial charge on any atom is 0.274 e. The minimum absolute atomic E-state index is 0.0233. The Hall–Kier alpha value is -2.77. The van der Waals surface area contributed by atoms with Gasteiger partial charge >= 0.3 is 0 Å². The normalized spacial score (nSPS) is 21.4. The number of nitrogens with zero attached hydrogens (tertiary/aromatic N) is 4. The molecule has 1 aromatic carbocycles. The van der Waals surface area contributed by atoms with E-state index in [0.717, 1.165) is 62.2 Å². The molecule has 5 rings (SSSR count). The average molecular weight is 457 g/mol. The fraction of sp³-hybridized carbons (Fsp3) is 0.560. The van der Waals surface area contributed by atoms with Gasteiger partial charge in [-0.15, -0.1) is 0 Å². The van der Waals surface area contributed by atoms with Crippen LogP contribution in [0.3, 0.4) is 0 Å². The third kappa shape index (κ3) is 4.15. The summed E-state index contributed by atoms with van der Waals surface area (Å²) in [5.74, 6) is -1.21. The van der Waals surface area contributed by atoms with Gasteiger partial charge in [0.1, 0.15) is 0 Å². The van der Waals surface area contributed by atoms with E-state index >= 15 is 0 Å². The summed E-state index contributed by atoms with van der Waals surface area (Å²) in [5, 5.41) is 4.55. The summed E-state index contributed by atoms with van der Waals surface area (Å²) in [7, 11) is 0. The van der Waals surface area contributed by atoms with Gasteiger partial charge in [0.05, 0.1) is 5.69 Å². The van der Waals surface area contributed by atoms with Crippen LogP contribution in [0.5, 0.6) is 0 Å². The second-order valence-electron chi connectivity index (χ2n) is 9.74. The van der Waals surface area contributed by atoms with Crippen LogP contribution in [0.15, 0.2) is 18.2 Å². The van der Waals surface area contributed by atoms with Gasteiger partial charge in [-0.2, -0.15) is 5.10 Å². The molecule has 1 atom stereocenters. The number of hydrogen-bond donors (Lipinski definition) is 0. The highest BCUT2D eigenvalue weighted by Gasteiger charge is 2.35. The molecule has 2 aliphatic heterocycles. The smallest absolute Gasteiger partial charge is 0.274 e. The predicted molar refractivity (Wildman–Crippen MR) is 119 cm³/mol. The third-order valence-corrected chi connectivity index (χ3v) is 7.38. The second kappa shape index (κ2) is 8.88. The predicted octanol–water partition coefficient (Wildman–Crippen LogP) is 3.75. The summed E-state index contributed by atoms with van der Waals surface area (Å²) >= 11 is 0. The lowest BCUT2D eigenvalue weighted by atomic mass is 9.92. The Morgan fingerprint density at radius 2 is 1.76 bits per heavy atom. The quantitative estimate of drug-likeness (QED) is 0.707. The lowest BCUT2D eigenvalue weighted by Gasteiger charge is -2.37. The fourth-order valence-corrected chi connectivity index (χ4v) is 5.57. The number of benzene rings is 1. The van der Waals surface area contributed by atoms with E-state index in [9.17, 15) is 18.4 Å². The van der Waals surface area contributed by atoms with Gasteiger partial charge in [0.25, 0.3) is 5.91 Å². The van der Waals surface area contributed by atoms with Crippen molar-refractivity contribution in [3.05, 3.63) is 46.8 Å². The van der Waals surface area contributed by atoms with Crippen LogP contribution in [-0.2, 0) is 17.6 Å². The number of piperidine rings is 2. The molecule has 0 bridgehead atoms. The van der Waals surface area contributed by atoms with E-state index in [4.69, 9.17) is 0 Å². The molecule has 3 heterocycles. The number of aromatic nitrogens is 2. The number of amides is 2. The Labute approximate surface area is 192 Å². The van der Waals surface area contributed by atoms with Crippen molar-refractivity contribution in [3.63, 3.8) is 0 Å². The zero-order valence-corrected chi connectivity index (χ0v) is 19.0. The first-order chi connectivity index (χ1) is 15.9. The average Bonchev–Trinajstić information content (AvgIpc) is 3.43. The molecule has 0 radical (unpaired) electrons. The highest BCUT2D eigenvalue weighted by molar-refractivity contribution is 5.94. The standard InChI is InChI=1S/C25H30F2N4O2/c1-16-4-3-11-30(15-16)24(32)17-9-12-29(13-10-17)25(33)23-19-5-2-6-22(19)31(28-23)18-7-8-20(26)21(27)14-18/h7-8,14,16-17H,2-6,9-13,15H2,1H3. The van der Waals surface area contributed by atoms with E-state index in [1.54, 1.807) is 9.58 Å². The van der Waals surface area contributed by atoms with Crippen LogP contribution in [0.1, 0.15) is 60.8 Å². The minimum Gasteiger partial charge on any atom is -0.342 e. The molecule has 8 heteroatoms. The van der Waals surface area contributed by atoms with Crippen molar-refractivity contribution in [2.75, 3.05) is 26.2 Å². The minimum atomic E-state index is -0.933.